The highest BCUT2D eigenvalue weighted by Gasteiger charge is 2.31. The molecule has 0 saturated carbocycles. The van der Waals surface area contributed by atoms with Gasteiger partial charge in [-0.2, -0.15) is 0 Å². The summed E-state index contributed by atoms with van der Waals surface area (Å²) in [5.74, 6) is 1.11. The molecule has 90 valence electrons. The van der Waals surface area contributed by atoms with Crippen LogP contribution in [-0.4, -0.2) is 34.4 Å². The highest BCUT2D eigenvalue weighted by atomic mass is 16.3. The lowest BCUT2D eigenvalue weighted by molar-refractivity contribution is 0.0855. The fourth-order valence-corrected chi connectivity index (χ4v) is 2.47. The molecule has 1 aromatic rings. The minimum Gasteiger partial charge on any atom is -0.396 e. The molecule has 0 aromatic carbocycles. The minimum absolute atomic E-state index is 0.0736. The van der Waals surface area contributed by atoms with Crippen LogP contribution >= 0.6 is 0 Å². The van der Waals surface area contributed by atoms with Crippen LogP contribution in [0.2, 0.25) is 0 Å². The molecular weight excluding hydrogens is 202 g/mol. The number of aliphatic hydroxyl groups excluding tert-OH is 1. The second kappa shape index (κ2) is 4.97. The molecule has 0 amide bonds. The fourth-order valence-electron chi connectivity index (χ4n) is 2.47. The molecule has 1 aliphatic rings. The Labute approximate surface area is 96.7 Å². The predicted octanol–water partition coefficient (Wildman–Crippen LogP) is 0.715. The summed E-state index contributed by atoms with van der Waals surface area (Å²) in [5.41, 5.74) is 0.0736. The number of nitrogens with one attached hydrogen (secondary N) is 1. The smallest absolute Gasteiger partial charge is 0.108 e. The van der Waals surface area contributed by atoms with Crippen molar-refractivity contribution in [2.24, 2.45) is 12.5 Å². The number of nitrogens with zero attached hydrogens (tertiary/aromatic N) is 2. The number of hydrogen-bond acceptors (Lipinski definition) is 3. The lowest BCUT2D eigenvalue weighted by atomic mass is 9.77. The lowest BCUT2D eigenvalue weighted by Gasteiger charge is -2.36. The van der Waals surface area contributed by atoms with Crippen LogP contribution in [0.5, 0.6) is 0 Å². The molecule has 2 heterocycles. The van der Waals surface area contributed by atoms with E-state index < -0.39 is 0 Å². The van der Waals surface area contributed by atoms with Crippen molar-refractivity contribution in [3.8, 4) is 0 Å². The average molecular weight is 223 g/mol. The summed E-state index contributed by atoms with van der Waals surface area (Å²) in [7, 11) is 2.02. The van der Waals surface area contributed by atoms with E-state index in [1.807, 2.05) is 19.4 Å². The molecule has 1 aliphatic heterocycles. The maximum absolute atomic E-state index is 9.57. The van der Waals surface area contributed by atoms with E-state index in [2.05, 4.69) is 14.9 Å². The van der Waals surface area contributed by atoms with Crippen molar-refractivity contribution < 1.29 is 5.11 Å². The van der Waals surface area contributed by atoms with E-state index >= 15 is 0 Å². The Hall–Kier alpha value is -0.870. The normalized spacial score (nSPS) is 25.9. The number of rotatable bonds is 4. The topological polar surface area (TPSA) is 50.1 Å². The number of aliphatic hydroxyl groups is 1. The molecule has 16 heavy (non-hydrogen) atoms. The maximum Gasteiger partial charge on any atom is 0.108 e. The molecule has 1 unspecified atom stereocenters. The first-order valence-electron chi connectivity index (χ1n) is 6.04. The Morgan fingerprint density at radius 3 is 3.06 bits per heavy atom. The molecule has 2 rings (SSSR count). The van der Waals surface area contributed by atoms with E-state index in [0.717, 1.165) is 38.2 Å². The first-order chi connectivity index (χ1) is 7.76. The van der Waals surface area contributed by atoms with Gasteiger partial charge in [-0.3, -0.25) is 0 Å². The van der Waals surface area contributed by atoms with Crippen molar-refractivity contribution in [2.45, 2.75) is 25.7 Å². The number of imidazole rings is 1. The van der Waals surface area contributed by atoms with E-state index in [4.69, 9.17) is 0 Å². The summed E-state index contributed by atoms with van der Waals surface area (Å²) in [4.78, 5) is 4.33. The van der Waals surface area contributed by atoms with Gasteiger partial charge in [-0.05, 0) is 25.8 Å². The van der Waals surface area contributed by atoms with Crippen LogP contribution in [-0.2, 0) is 13.5 Å². The maximum atomic E-state index is 9.57. The van der Waals surface area contributed by atoms with Crippen LogP contribution in [0.1, 0.15) is 25.1 Å². The first-order valence-corrected chi connectivity index (χ1v) is 6.04. The number of piperidine rings is 1. The second-order valence-corrected chi connectivity index (χ2v) is 4.89. The molecule has 1 atom stereocenters. The van der Waals surface area contributed by atoms with E-state index in [9.17, 15) is 5.11 Å². The molecule has 1 fully saturated rings. The third-order valence-electron chi connectivity index (χ3n) is 3.70. The molecule has 1 aromatic heterocycles. The van der Waals surface area contributed by atoms with Crippen LogP contribution in [0, 0.1) is 5.41 Å². The Kier molecular flexibility index (Phi) is 3.61. The molecule has 0 radical (unpaired) electrons. The predicted molar refractivity (Wildman–Crippen MR) is 63.2 cm³/mol. The molecule has 0 aliphatic carbocycles. The van der Waals surface area contributed by atoms with Crippen molar-refractivity contribution in [1.82, 2.24) is 14.9 Å². The Morgan fingerprint density at radius 2 is 2.50 bits per heavy atom. The summed E-state index contributed by atoms with van der Waals surface area (Å²) < 4.78 is 2.06. The van der Waals surface area contributed by atoms with Gasteiger partial charge in [-0.1, -0.05) is 0 Å². The van der Waals surface area contributed by atoms with Gasteiger partial charge in [0.2, 0.25) is 0 Å². The van der Waals surface area contributed by atoms with Gasteiger partial charge in [-0.25, -0.2) is 4.98 Å². The van der Waals surface area contributed by atoms with Gasteiger partial charge in [-0.15, -0.1) is 0 Å². The van der Waals surface area contributed by atoms with Crippen molar-refractivity contribution in [1.29, 1.82) is 0 Å². The van der Waals surface area contributed by atoms with E-state index in [1.54, 1.807) is 0 Å². The zero-order valence-corrected chi connectivity index (χ0v) is 9.95. The van der Waals surface area contributed by atoms with Gasteiger partial charge in [0.1, 0.15) is 5.82 Å². The van der Waals surface area contributed by atoms with E-state index in [0.29, 0.717) is 0 Å². The summed E-state index contributed by atoms with van der Waals surface area (Å²) in [6.07, 6.45) is 8.06. The number of hydrogen-bond donors (Lipinski definition) is 2. The van der Waals surface area contributed by atoms with Crippen molar-refractivity contribution >= 4 is 0 Å². The van der Waals surface area contributed by atoms with Gasteiger partial charge in [0.25, 0.3) is 0 Å². The fraction of sp³-hybridized carbons (Fsp3) is 0.750. The average Bonchev–Trinajstić information content (AvgIpc) is 2.74. The zero-order valence-electron chi connectivity index (χ0n) is 9.95. The van der Waals surface area contributed by atoms with Crippen LogP contribution in [0.4, 0.5) is 0 Å². The lowest BCUT2D eigenvalue weighted by Crippen LogP contribution is -2.42. The highest BCUT2D eigenvalue weighted by molar-refractivity contribution is 4.94. The van der Waals surface area contributed by atoms with Gasteiger partial charge in [0.15, 0.2) is 0 Å². The molecule has 0 bridgehead atoms. The zero-order chi connectivity index (χ0) is 11.4. The monoisotopic (exact) mass is 223 g/mol. The molecule has 2 N–H and O–H groups in total. The van der Waals surface area contributed by atoms with E-state index in [-0.39, 0.29) is 12.0 Å². The van der Waals surface area contributed by atoms with Crippen molar-refractivity contribution in [2.75, 3.05) is 19.7 Å². The summed E-state index contributed by atoms with van der Waals surface area (Å²) in [5, 5.41) is 13.0. The van der Waals surface area contributed by atoms with Gasteiger partial charge in [0, 0.05) is 44.4 Å². The van der Waals surface area contributed by atoms with Crippen LogP contribution in [0.3, 0.4) is 0 Å². The molecule has 4 nitrogen and oxygen atoms in total. The molecule has 0 spiro atoms. The Balaban J connectivity index is 1.94. The third-order valence-corrected chi connectivity index (χ3v) is 3.70. The third kappa shape index (κ3) is 2.44. The quantitative estimate of drug-likeness (QED) is 0.790. The summed E-state index contributed by atoms with van der Waals surface area (Å²) >= 11 is 0. The minimum atomic E-state index is 0.0736. The van der Waals surface area contributed by atoms with Crippen LogP contribution in [0.15, 0.2) is 12.4 Å². The second-order valence-electron chi connectivity index (χ2n) is 4.89. The Morgan fingerprint density at radius 1 is 1.62 bits per heavy atom. The van der Waals surface area contributed by atoms with E-state index in [1.165, 1.54) is 6.42 Å². The van der Waals surface area contributed by atoms with Crippen LogP contribution < -0.4 is 5.32 Å². The van der Waals surface area contributed by atoms with Gasteiger partial charge in [0.05, 0.1) is 0 Å². The van der Waals surface area contributed by atoms with Gasteiger partial charge < -0.3 is 15.0 Å². The summed E-state index contributed by atoms with van der Waals surface area (Å²) in [6, 6.07) is 0. The summed E-state index contributed by atoms with van der Waals surface area (Å²) in [6.45, 7) is 2.31. The Bertz CT molecular complexity index is 329. The van der Waals surface area contributed by atoms with Crippen molar-refractivity contribution in [3.63, 3.8) is 0 Å². The van der Waals surface area contributed by atoms with Gasteiger partial charge >= 0.3 is 0 Å². The van der Waals surface area contributed by atoms with Crippen LogP contribution in [0.25, 0.3) is 0 Å². The van der Waals surface area contributed by atoms with Crippen molar-refractivity contribution in [3.05, 3.63) is 18.2 Å². The largest absolute Gasteiger partial charge is 0.396 e. The first kappa shape index (κ1) is 11.6. The highest BCUT2D eigenvalue weighted by Crippen LogP contribution is 2.30. The standard InChI is InChI=1S/C12H21N3O/c1-15-8-7-14-11(15)3-5-12(10-16)4-2-6-13-9-12/h7-8,13,16H,2-6,9-10H2,1H3. The molecular formula is C12H21N3O. The molecule has 4 heteroatoms. The number of aromatic nitrogens is 2. The SMILES string of the molecule is Cn1ccnc1CCC1(CO)CCCNC1. The molecule has 1 saturated heterocycles. The number of aryl methyl sites for hydroxylation is 2.